The molecule has 0 atom stereocenters. The highest BCUT2D eigenvalue weighted by atomic mass is 32.2. The highest BCUT2D eigenvalue weighted by molar-refractivity contribution is 8.18. The molecule has 0 unspecified atom stereocenters. The number of phenolic OH excluding ortho intramolecular Hbond substituents is 1. The normalized spacial score (nSPS) is 16.4. The van der Waals surface area contributed by atoms with Crippen LogP contribution in [0.1, 0.15) is 43.2 Å². The number of nitrogens with zero attached hydrogens (tertiary/aromatic N) is 3. The SMILES string of the molecule is COc1cc(/C=C2\S/C(=N\N=C\c3ccc(C(C)(C)C)cc3)N(Cc3ccco3)C2=O)cc(OC)c1O. The lowest BCUT2D eigenvalue weighted by atomic mass is 9.87. The highest BCUT2D eigenvalue weighted by Gasteiger charge is 2.34. The topological polar surface area (TPSA) is 96.9 Å². The molecule has 4 rings (SSSR count). The van der Waals surface area contributed by atoms with E-state index in [1.807, 2.05) is 12.1 Å². The van der Waals surface area contributed by atoms with Crippen LogP contribution in [-0.2, 0) is 16.8 Å². The van der Waals surface area contributed by atoms with Crippen LogP contribution in [0, 0.1) is 0 Å². The minimum absolute atomic E-state index is 0.0668. The molecule has 0 radical (unpaired) electrons. The summed E-state index contributed by atoms with van der Waals surface area (Å²) in [5, 5.41) is 19.2. The van der Waals surface area contributed by atoms with E-state index < -0.39 is 0 Å². The first-order chi connectivity index (χ1) is 17.7. The van der Waals surface area contributed by atoms with E-state index in [0.717, 1.165) is 5.56 Å². The molecular formula is C28H29N3O5S. The second kappa shape index (κ2) is 11.0. The van der Waals surface area contributed by atoms with Crippen LogP contribution in [0.3, 0.4) is 0 Å². The number of amides is 1. The number of hydrogen-bond acceptors (Lipinski definition) is 8. The molecule has 37 heavy (non-hydrogen) atoms. The van der Waals surface area contributed by atoms with Crippen molar-refractivity contribution in [3.05, 3.63) is 82.1 Å². The van der Waals surface area contributed by atoms with E-state index in [9.17, 15) is 9.90 Å². The molecule has 1 aliphatic rings. The molecule has 1 saturated heterocycles. The van der Waals surface area contributed by atoms with E-state index in [0.29, 0.717) is 21.4 Å². The number of carbonyl (C=O) groups excluding carboxylic acids is 1. The number of benzene rings is 2. The molecule has 0 bridgehead atoms. The molecule has 1 N–H and O–H groups in total. The van der Waals surface area contributed by atoms with Crippen LogP contribution in [0.2, 0.25) is 0 Å². The number of ether oxygens (including phenoxy) is 2. The summed E-state index contributed by atoms with van der Waals surface area (Å²) in [5.41, 5.74) is 2.83. The van der Waals surface area contributed by atoms with Gasteiger partial charge in [-0.25, -0.2) is 0 Å². The Labute approximate surface area is 220 Å². The van der Waals surface area contributed by atoms with Crippen molar-refractivity contribution >= 4 is 35.1 Å². The summed E-state index contributed by atoms with van der Waals surface area (Å²) in [6.07, 6.45) is 4.92. The maximum absolute atomic E-state index is 13.3. The van der Waals surface area contributed by atoms with Crippen LogP contribution in [-0.4, -0.2) is 41.5 Å². The largest absolute Gasteiger partial charge is 0.502 e. The molecule has 8 nitrogen and oxygen atoms in total. The van der Waals surface area contributed by atoms with Gasteiger partial charge in [-0.15, -0.1) is 5.10 Å². The van der Waals surface area contributed by atoms with Gasteiger partial charge >= 0.3 is 0 Å². The van der Waals surface area contributed by atoms with E-state index in [-0.39, 0.29) is 35.1 Å². The summed E-state index contributed by atoms with van der Waals surface area (Å²) in [5.74, 6) is 0.757. The molecule has 1 fully saturated rings. The lowest BCUT2D eigenvalue weighted by molar-refractivity contribution is -0.122. The molecular weight excluding hydrogens is 490 g/mol. The summed E-state index contributed by atoms with van der Waals surface area (Å²) >= 11 is 1.20. The van der Waals surface area contributed by atoms with E-state index in [2.05, 4.69) is 43.1 Å². The maximum Gasteiger partial charge on any atom is 0.267 e. The van der Waals surface area contributed by atoms with Crippen molar-refractivity contribution in [2.75, 3.05) is 14.2 Å². The van der Waals surface area contributed by atoms with Crippen molar-refractivity contribution in [3.63, 3.8) is 0 Å². The van der Waals surface area contributed by atoms with Gasteiger partial charge in [-0.1, -0.05) is 45.0 Å². The van der Waals surface area contributed by atoms with Gasteiger partial charge in [-0.3, -0.25) is 9.69 Å². The van der Waals surface area contributed by atoms with Gasteiger partial charge in [0.2, 0.25) is 5.75 Å². The lowest BCUT2D eigenvalue weighted by Gasteiger charge is -2.18. The van der Waals surface area contributed by atoms with Gasteiger partial charge in [-0.2, -0.15) is 5.10 Å². The van der Waals surface area contributed by atoms with Crippen LogP contribution in [0.4, 0.5) is 0 Å². The summed E-state index contributed by atoms with van der Waals surface area (Å²) < 4.78 is 15.9. The second-order valence-electron chi connectivity index (χ2n) is 9.35. The molecule has 0 spiro atoms. The van der Waals surface area contributed by atoms with Crippen molar-refractivity contribution in [1.82, 2.24) is 4.90 Å². The van der Waals surface area contributed by atoms with Gasteiger partial charge < -0.3 is 19.0 Å². The number of aromatic hydroxyl groups is 1. The fourth-order valence-corrected chi connectivity index (χ4v) is 4.58. The second-order valence-corrected chi connectivity index (χ2v) is 10.4. The number of rotatable bonds is 7. The van der Waals surface area contributed by atoms with Crippen molar-refractivity contribution in [1.29, 1.82) is 0 Å². The standard InChI is InChI=1S/C28H29N3O5S/c1-28(2,3)20-10-8-18(9-11-20)16-29-30-27-31(17-21-7-6-12-36-21)26(33)24(37-27)15-19-13-22(34-4)25(32)23(14-19)35-5/h6-16,32H,17H2,1-5H3/b24-15-,29-16+,30-27-. The third-order valence-corrected chi connectivity index (χ3v) is 6.71. The lowest BCUT2D eigenvalue weighted by Crippen LogP contribution is -2.28. The summed E-state index contributed by atoms with van der Waals surface area (Å²) in [7, 11) is 2.90. The molecule has 3 aromatic rings. The van der Waals surface area contributed by atoms with Crippen LogP contribution in [0.15, 0.2) is 74.3 Å². The Hall–Kier alpha value is -3.98. The van der Waals surface area contributed by atoms with Crippen molar-refractivity contribution in [2.45, 2.75) is 32.7 Å². The van der Waals surface area contributed by atoms with Crippen LogP contribution < -0.4 is 9.47 Å². The van der Waals surface area contributed by atoms with Gasteiger partial charge in [0, 0.05) is 0 Å². The fraction of sp³-hybridized carbons (Fsp3) is 0.250. The Kier molecular flexibility index (Phi) is 7.73. The predicted octanol–water partition coefficient (Wildman–Crippen LogP) is 5.81. The Bertz CT molecular complexity index is 1330. The quantitative estimate of drug-likeness (QED) is 0.241. The number of thioether (sulfide) groups is 1. The third kappa shape index (κ3) is 6.06. The van der Waals surface area contributed by atoms with Gasteiger partial charge in [0.25, 0.3) is 5.91 Å². The first-order valence-corrected chi connectivity index (χ1v) is 12.4. The number of amidine groups is 1. The Morgan fingerprint density at radius 1 is 1.05 bits per heavy atom. The van der Waals surface area contributed by atoms with Crippen LogP contribution >= 0.6 is 11.8 Å². The van der Waals surface area contributed by atoms with E-state index in [1.165, 1.54) is 36.4 Å². The maximum atomic E-state index is 13.3. The van der Waals surface area contributed by atoms with Crippen LogP contribution in [0.5, 0.6) is 17.2 Å². The smallest absolute Gasteiger partial charge is 0.267 e. The monoisotopic (exact) mass is 519 g/mol. The first kappa shape index (κ1) is 26.1. The summed E-state index contributed by atoms with van der Waals surface area (Å²) in [6, 6.07) is 15.0. The predicted molar refractivity (Wildman–Crippen MR) is 146 cm³/mol. The molecule has 192 valence electrons. The average Bonchev–Trinajstić information content (AvgIpc) is 3.49. The Morgan fingerprint density at radius 2 is 1.73 bits per heavy atom. The fourth-order valence-electron chi connectivity index (χ4n) is 3.64. The van der Waals surface area contributed by atoms with Gasteiger partial charge in [0.05, 0.1) is 38.1 Å². The Balaban J connectivity index is 1.63. The van der Waals surface area contributed by atoms with E-state index >= 15 is 0 Å². The van der Waals surface area contributed by atoms with Crippen LogP contribution in [0.25, 0.3) is 6.08 Å². The third-order valence-electron chi connectivity index (χ3n) is 5.71. The van der Waals surface area contributed by atoms with Crippen molar-refractivity contribution in [2.24, 2.45) is 10.2 Å². The first-order valence-electron chi connectivity index (χ1n) is 11.6. The van der Waals surface area contributed by atoms with Crippen molar-refractivity contribution < 1.29 is 23.8 Å². The molecule has 2 heterocycles. The van der Waals surface area contributed by atoms with Crippen molar-refractivity contribution in [3.8, 4) is 17.2 Å². The molecule has 2 aromatic carbocycles. The summed E-state index contributed by atoms with van der Waals surface area (Å²) in [6.45, 7) is 6.71. The zero-order chi connectivity index (χ0) is 26.6. The number of phenols is 1. The highest BCUT2D eigenvalue weighted by Crippen LogP contribution is 2.40. The molecule has 9 heteroatoms. The number of methoxy groups -OCH3 is 2. The molecule has 1 aliphatic heterocycles. The zero-order valence-electron chi connectivity index (χ0n) is 21.4. The van der Waals surface area contributed by atoms with Gasteiger partial charge in [-0.05, 0) is 64.2 Å². The zero-order valence-corrected chi connectivity index (χ0v) is 22.2. The summed E-state index contributed by atoms with van der Waals surface area (Å²) in [4.78, 5) is 15.3. The van der Waals surface area contributed by atoms with Gasteiger partial charge in [0.1, 0.15) is 5.76 Å². The van der Waals surface area contributed by atoms with E-state index in [4.69, 9.17) is 13.9 Å². The molecule has 1 amide bonds. The Morgan fingerprint density at radius 3 is 2.30 bits per heavy atom. The number of furan rings is 1. The minimum Gasteiger partial charge on any atom is -0.502 e. The van der Waals surface area contributed by atoms with Gasteiger partial charge in [0.15, 0.2) is 16.7 Å². The van der Waals surface area contributed by atoms with E-state index in [1.54, 1.807) is 42.8 Å². The molecule has 1 aromatic heterocycles. The number of hydrogen-bond donors (Lipinski definition) is 1. The average molecular weight is 520 g/mol. The molecule has 0 saturated carbocycles. The molecule has 0 aliphatic carbocycles. The minimum atomic E-state index is -0.240. The number of carbonyl (C=O) groups is 1.